The first-order chi connectivity index (χ1) is 10.5. The van der Waals surface area contributed by atoms with E-state index in [0.29, 0.717) is 11.1 Å². The Morgan fingerprint density at radius 3 is 2.45 bits per heavy atom. The van der Waals surface area contributed by atoms with Gasteiger partial charge in [0.05, 0.1) is 0 Å². The second-order valence-electron chi connectivity index (χ2n) is 8.74. The molecule has 2 rings (SSSR count). The molecule has 0 spiro atoms. The van der Waals surface area contributed by atoms with Crippen molar-refractivity contribution in [1.29, 1.82) is 0 Å². The van der Waals surface area contributed by atoms with E-state index < -0.39 is 0 Å². The average molecular weight is 309 g/mol. The van der Waals surface area contributed by atoms with E-state index in [1.165, 1.54) is 70.8 Å². The Kier molecular flexibility index (Phi) is 6.36. The van der Waals surface area contributed by atoms with Crippen molar-refractivity contribution in [3.63, 3.8) is 0 Å². The molecule has 2 aliphatic rings. The van der Waals surface area contributed by atoms with Crippen molar-refractivity contribution in [2.24, 2.45) is 11.8 Å². The molecule has 4 atom stereocenters. The van der Waals surface area contributed by atoms with E-state index in [-0.39, 0.29) is 0 Å². The molecule has 130 valence electrons. The number of hydrogen-bond donors (Lipinski definition) is 1. The Hall–Kier alpha value is -0.0800. The van der Waals surface area contributed by atoms with Crippen LogP contribution in [0.4, 0.5) is 0 Å². The third-order valence-corrected chi connectivity index (χ3v) is 6.64. The van der Waals surface area contributed by atoms with Gasteiger partial charge in [-0.05, 0) is 77.4 Å². The molecule has 1 N–H and O–H groups in total. The Bertz CT molecular complexity index is 337. The number of nitrogens with one attached hydrogen (secondary N) is 1. The molecule has 0 aliphatic heterocycles. The lowest BCUT2D eigenvalue weighted by Gasteiger charge is -2.58. The van der Waals surface area contributed by atoms with Gasteiger partial charge in [-0.1, -0.05) is 40.0 Å². The van der Waals surface area contributed by atoms with Gasteiger partial charge in [-0.2, -0.15) is 0 Å². The van der Waals surface area contributed by atoms with Crippen molar-refractivity contribution in [1.82, 2.24) is 10.2 Å². The summed E-state index contributed by atoms with van der Waals surface area (Å²) in [6.45, 7) is 8.40. The van der Waals surface area contributed by atoms with Gasteiger partial charge in [0.25, 0.3) is 0 Å². The molecule has 0 saturated heterocycles. The second kappa shape index (κ2) is 7.66. The Balaban J connectivity index is 2.02. The number of fused-ring (bicyclic) bond motifs is 2. The van der Waals surface area contributed by atoms with Gasteiger partial charge >= 0.3 is 0 Å². The van der Waals surface area contributed by atoms with Crippen LogP contribution in [0.5, 0.6) is 0 Å². The number of nitrogens with zero attached hydrogens (tertiary/aromatic N) is 1. The zero-order valence-corrected chi connectivity index (χ0v) is 15.9. The van der Waals surface area contributed by atoms with Gasteiger partial charge in [-0.25, -0.2) is 0 Å². The first kappa shape index (κ1) is 18.3. The Morgan fingerprint density at radius 1 is 1.05 bits per heavy atom. The summed E-state index contributed by atoms with van der Waals surface area (Å²) >= 11 is 0. The van der Waals surface area contributed by atoms with Crippen LogP contribution in [0.2, 0.25) is 0 Å². The third kappa shape index (κ3) is 4.06. The van der Waals surface area contributed by atoms with E-state index in [4.69, 9.17) is 0 Å². The SMILES string of the molecule is CCCCCCNC1(CC)CC2CC(C)CC(N(C)C)(C2)C1. The minimum Gasteiger partial charge on any atom is -0.311 e. The van der Waals surface area contributed by atoms with E-state index in [0.717, 1.165) is 11.8 Å². The van der Waals surface area contributed by atoms with Gasteiger partial charge in [-0.3, -0.25) is 0 Å². The molecule has 2 bridgehead atoms. The zero-order chi connectivity index (χ0) is 16.2. The summed E-state index contributed by atoms with van der Waals surface area (Å²) in [5.41, 5.74) is 0.854. The highest BCUT2D eigenvalue weighted by Gasteiger charge is 2.51. The summed E-state index contributed by atoms with van der Waals surface area (Å²) in [4.78, 5) is 2.57. The van der Waals surface area contributed by atoms with Crippen molar-refractivity contribution in [3.8, 4) is 0 Å². The topological polar surface area (TPSA) is 15.3 Å². The van der Waals surface area contributed by atoms with Gasteiger partial charge in [0, 0.05) is 11.1 Å². The second-order valence-corrected chi connectivity index (χ2v) is 8.74. The fourth-order valence-corrected chi connectivity index (χ4v) is 5.52. The van der Waals surface area contributed by atoms with Crippen LogP contribution in [0.1, 0.15) is 85.0 Å². The summed E-state index contributed by atoms with van der Waals surface area (Å²) in [6.07, 6.45) is 13.8. The molecule has 0 aromatic rings. The Morgan fingerprint density at radius 2 is 1.82 bits per heavy atom. The minimum atomic E-state index is 0.402. The van der Waals surface area contributed by atoms with Gasteiger partial charge in [0.1, 0.15) is 0 Å². The van der Waals surface area contributed by atoms with Crippen LogP contribution in [0.15, 0.2) is 0 Å². The molecule has 2 aliphatic carbocycles. The van der Waals surface area contributed by atoms with Gasteiger partial charge in [-0.15, -0.1) is 0 Å². The van der Waals surface area contributed by atoms with Gasteiger partial charge in [0.2, 0.25) is 0 Å². The molecular weight excluding hydrogens is 268 g/mol. The quantitative estimate of drug-likeness (QED) is 0.646. The molecule has 2 saturated carbocycles. The summed E-state index contributed by atoms with van der Waals surface area (Å²) in [7, 11) is 4.64. The van der Waals surface area contributed by atoms with E-state index >= 15 is 0 Å². The number of unbranched alkanes of at least 4 members (excludes halogenated alkanes) is 3. The predicted molar refractivity (Wildman–Crippen MR) is 97.3 cm³/mol. The van der Waals surface area contributed by atoms with E-state index in [2.05, 4.69) is 45.1 Å². The van der Waals surface area contributed by atoms with Crippen molar-refractivity contribution < 1.29 is 0 Å². The van der Waals surface area contributed by atoms with Crippen LogP contribution in [-0.4, -0.2) is 36.6 Å². The van der Waals surface area contributed by atoms with Crippen molar-refractivity contribution in [2.45, 2.75) is 96.1 Å². The van der Waals surface area contributed by atoms with Gasteiger partial charge < -0.3 is 10.2 Å². The minimum absolute atomic E-state index is 0.402. The lowest BCUT2D eigenvalue weighted by Crippen LogP contribution is -2.63. The van der Waals surface area contributed by atoms with Crippen LogP contribution in [0.3, 0.4) is 0 Å². The molecule has 0 aromatic heterocycles. The lowest BCUT2D eigenvalue weighted by atomic mass is 9.57. The first-order valence-corrected chi connectivity index (χ1v) is 9.88. The zero-order valence-electron chi connectivity index (χ0n) is 15.9. The monoisotopic (exact) mass is 308 g/mol. The molecule has 0 radical (unpaired) electrons. The molecule has 0 amide bonds. The van der Waals surface area contributed by atoms with Crippen molar-refractivity contribution in [2.75, 3.05) is 20.6 Å². The number of hydrogen-bond acceptors (Lipinski definition) is 2. The van der Waals surface area contributed by atoms with Crippen LogP contribution in [-0.2, 0) is 0 Å². The fourth-order valence-electron chi connectivity index (χ4n) is 5.52. The molecule has 2 heteroatoms. The number of rotatable bonds is 8. The van der Waals surface area contributed by atoms with E-state index in [1.807, 2.05) is 0 Å². The van der Waals surface area contributed by atoms with Gasteiger partial charge in [0.15, 0.2) is 0 Å². The predicted octanol–water partition coefficient (Wildman–Crippen LogP) is 4.84. The molecule has 22 heavy (non-hydrogen) atoms. The largest absolute Gasteiger partial charge is 0.311 e. The molecule has 2 fully saturated rings. The fraction of sp³-hybridized carbons (Fsp3) is 1.00. The maximum absolute atomic E-state index is 4.04. The van der Waals surface area contributed by atoms with Crippen molar-refractivity contribution >= 4 is 0 Å². The van der Waals surface area contributed by atoms with Crippen LogP contribution >= 0.6 is 0 Å². The molecular formula is C20H40N2. The highest BCUT2D eigenvalue weighted by atomic mass is 15.2. The standard InChI is InChI=1S/C20H40N2/c1-6-8-9-10-11-21-19(7-2)14-18-12-17(3)13-20(15-18,16-19)22(4)5/h17-18,21H,6-16H2,1-5H3. The van der Waals surface area contributed by atoms with Crippen LogP contribution < -0.4 is 5.32 Å². The molecule has 4 unspecified atom stereocenters. The van der Waals surface area contributed by atoms with Crippen LogP contribution in [0.25, 0.3) is 0 Å². The normalized spacial score (nSPS) is 38.5. The maximum Gasteiger partial charge on any atom is 0.0226 e. The highest BCUT2D eigenvalue weighted by Crippen LogP contribution is 2.51. The highest BCUT2D eigenvalue weighted by molar-refractivity contribution is 5.09. The summed E-state index contributed by atoms with van der Waals surface area (Å²) in [5, 5.41) is 4.04. The summed E-state index contributed by atoms with van der Waals surface area (Å²) in [6, 6.07) is 0. The smallest absolute Gasteiger partial charge is 0.0226 e. The molecule has 0 aromatic carbocycles. The maximum atomic E-state index is 4.04. The van der Waals surface area contributed by atoms with E-state index in [1.54, 1.807) is 0 Å². The average Bonchev–Trinajstić information content (AvgIpc) is 2.45. The summed E-state index contributed by atoms with van der Waals surface area (Å²) in [5.74, 6) is 1.84. The lowest BCUT2D eigenvalue weighted by molar-refractivity contribution is -0.0381. The van der Waals surface area contributed by atoms with Crippen molar-refractivity contribution in [3.05, 3.63) is 0 Å². The Labute approximate surface area is 139 Å². The molecule has 2 nitrogen and oxygen atoms in total. The third-order valence-electron chi connectivity index (χ3n) is 6.64. The molecule has 0 heterocycles. The first-order valence-electron chi connectivity index (χ1n) is 9.88. The van der Waals surface area contributed by atoms with E-state index in [9.17, 15) is 0 Å². The summed E-state index contributed by atoms with van der Waals surface area (Å²) < 4.78 is 0. The van der Waals surface area contributed by atoms with Crippen LogP contribution in [0, 0.1) is 11.8 Å².